The van der Waals surface area contributed by atoms with Crippen LogP contribution in [0.4, 0.5) is 5.69 Å². The molecule has 1 N–H and O–H groups in total. The second-order valence-corrected chi connectivity index (χ2v) is 6.37. The Kier molecular flexibility index (Phi) is 6.48. The van der Waals surface area contributed by atoms with Crippen LogP contribution in [0.2, 0.25) is 0 Å². The van der Waals surface area contributed by atoms with E-state index in [1.54, 1.807) is 0 Å². The van der Waals surface area contributed by atoms with E-state index in [1.165, 1.54) is 17.3 Å². The van der Waals surface area contributed by atoms with Crippen LogP contribution in [0.1, 0.15) is 12.5 Å². The first kappa shape index (κ1) is 16.3. The molecule has 1 aliphatic rings. The number of thioether (sulfide) groups is 1. The molecule has 21 heavy (non-hydrogen) atoms. The molecule has 0 spiro atoms. The first-order chi connectivity index (χ1) is 10.2. The SMILES string of the molecule is CCc1cccc(NC(=O)CSC(=S)N2CCOCC2)c1. The lowest BCUT2D eigenvalue weighted by Gasteiger charge is -2.28. The Morgan fingerprint density at radius 1 is 1.43 bits per heavy atom. The number of nitrogens with one attached hydrogen (secondary N) is 1. The van der Waals surface area contributed by atoms with Crippen LogP contribution in [0.3, 0.4) is 0 Å². The summed E-state index contributed by atoms with van der Waals surface area (Å²) in [7, 11) is 0. The molecule has 1 aliphatic heterocycles. The zero-order valence-corrected chi connectivity index (χ0v) is 13.8. The van der Waals surface area contributed by atoms with E-state index in [-0.39, 0.29) is 5.91 Å². The molecule has 6 heteroatoms. The van der Waals surface area contributed by atoms with Gasteiger partial charge in [0.05, 0.1) is 19.0 Å². The third-order valence-electron chi connectivity index (χ3n) is 3.22. The lowest BCUT2D eigenvalue weighted by Crippen LogP contribution is -2.39. The van der Waals surface area contributed by atoms with Gasteiger partial charge < -0.3 is 15.0 Å². The van der Waals surface area contributed by atoms with E-state index < -0.39 is 0 Å². The van der Waals surface area contributed by atoms with Crippen molar-refractivity contribution in [1.29, 1.82) is 0 Å². The maximum atomic E-state index is 12.0. The minimum atomic E-state index is -0.0242. The first-order valence-corrected chi connectivity index (χ1v) is 8.46. The number of aryl methyl sites for hydroxylation is 1. The van der Waals surface area contributed by atoms with E-state index in [4.69, 9.17) is 17.0 Å². The molecule has 0 atom stereocenters. The molecule has 0 saturated carbocycles. The van der Waals surface area contributed by atoms with E-state index in [0.29, 0.717) is 19.0 Å². The third kappa shape index (κ3) is 5.30. The van der Waals surface area contributed by atoms with Gasteiger partial charge in [-0.3, -0.25) is 4.79 Å². The topological polar surface area (TPSA) is 41.6 Å². The molecule has 114 valence electrons. The van der Waals surface area contributed by atoms with Crippen molar-refractivity contribution in [3.05, 3.63) is 29.8 Å². The Hall–Kier alpha value is -1.11. The van der Waals surface area contributed by atoms with Gasteiger partial charge in [-0.25, -0.2) is 0 Å². The third-order valence-corrected chi connectivity index (χ3v) is 4.74. The molecule has 4 nitrogen and oxygen atoms in total. The van der Waals surface area contributed by atoms with Gasteiger partial charge in [-0.15, -0.1) is 0 Å². The van der Waals surface area contributed by atoms with Crippen LogP contribution in [0.25, 0.3) is 0 Å². The molecule has 1 aromatic rings. The summed E-state index contributed by atoms with van der Waals surface area (Å²) >= 11 is 6.76. The summed E-state index contributed by atoms with van der Waals surface area (Å²) in [6.07, 6.45) is 0.958. The van der Waals surface area contributed by atoms with Crippen molar-refractivity contribution in [2.24, 2.45) is 0 Å². The summed E-state index contributed by atoms with van der Waals surface area (Å²) in [6, 6.07) is 7.92. The van der Waals surface area contributed by atoms with Crippen molar-refractivity contribution in [3.8, 4) is 0 Å². The van der Waals surface area contributed by atoms with E-state index in [9.17, 15) is 4.79 Å². The van der Waals surface area contributed by atoms with Gasteiger partial charge in [0.15, 0.2) is 0 Å². The summed E-state index contributed by atoms with van der Waals surface area (Å²) in [5.41, 5.74) is 2.06. The molecular weight excluding hydrogens is 304 g/mol. The number of hydrogen-bond acceptors (Lipinski definition) is 4. The maximum absolute atomic E-state index is 12.0. The highest BCUT2D eigenvalue weighted by Crippen LogP contribution is 2.14. The monoisotopic (exact) mass is 324 g/mol. The molecule has 2 rings (SSSR count). The van der Waals surface area contributed by atoms with E-state index in [2.05, 4.69) is 23.2 Å². The Morgan fingerprint density at radius 3 is 2.90 bits per heavy atom. The van der Waals surface area contributed by atoms with Gasteiger partial charge in [0.1, 0.15) is 4.32 Å². The zero-order chi connectivity index (χ0) is 15.1. The number of morpholine rings is 1. The Balaban J connectivity index is 1.77. The number of hydrogen-bond donors (Lipinski definition) is 1. The summed E-state index contributed by atoms with van der Waals surface area (Å²) in [4.78, 5) is 14.1. The van der Waals surface area contributed by atoms with Gasteiger partial charge >= 0.3 is 0 Å². The molecule has 0 aliphatic carbocycles. The molecule has 0 bridgehead atoms. The van der Waals surface area contributed by atoms with Gasteiger partial charge in [0, 0.05) is 18.8 Å². The summed E-state index contributed by atoms with van der Waals surface area (Å²) < 4.78 is 6.06. The highest BCUT2D eigenvalue weighted by molar-refractivity contribution is 8.23. The molecule has 0 radical (unpaired) electrons. The van der Waals surface area contributed by atoms with Crippen molar-refractivity contribution in [2.45, 2.75) is 13.3 Å². The fourth-order valence-electron chi connectivity index (χ4n) is 2.03. The van der Waals surface area contributed by atoms with Crippen LogP contribution in [0, 0.1) is 0 Å². The normalized spacial score (nSPS) is 14.8. The van der Waals surface area contributed by atoms with Crippen molar-refractivity contribution in [3.63, 3.8) is 0 Å². The number of thiocarbonyl (C=S) groups is 1. The predicted octanol–water partition coefficient (Wildman–Crippen LogP) is 2.54. The summed E-state index contributed by atoms with van der Waals surface area (Å²) in [6.45, 7) is 5.13. The van der Waals surface area contributed by atoms with E-state index in [0.717, 1.165) is 29.5 Å². The number of amides is 1. The minimum absolute atomic E-state index is 0.0242. The molecule has 1 fully saturated rings. The van der Waals surface area contributed by atoms with Crippen molar-refractivity contribution in [2.75, 3.05) is 37.4 Å². The highest BCUT2D eigenvalue weighted by atomic mass is 32.2. The average Bonchev–Trinajstić information content (AvgIpc) is 2.53. The van der Waals surface area contributed by atoms with Crippen LogP contribution < -0.4 is 5.32 Å². The number of rotatable bonds is 4. The van der Waals surface area contributed by atoms with Crippen LogP contribution in [0.5, 0.6) is 0 Å². The van der Waals surface area contributed by atoms with Crippen LogP contribution in [0.15, 0.2) is 24.3 Å². The molecule has 1 amide bonds. The van der Waals surface area contributed by atoms with Gasteiger partial charge in [-0.05, 0) is 24.1 Å². The molecule has 1 aromatic carbocycles. The standard InChI is InChI=1S/C15H20N2O2S2/c1-2-12-4-3-5-13(10-12)16-14(18)11-21-15(20)17-6-8-19-9-7-17/h3-5,10H,2,6-9,11H2,1H3,(H,16,18). The number of anilines is 1. The molecular formula is C15H20N2O2S2. The second kappa shape index (κ2) is 8.36. The van der Waals surface area contributed by atoms with Gasteiger partial charge in [0.25, 0.3) is 0 Å². The average molecular weight is 324 g/mol. The smallest absolute Gasteiger partial charge is 0.234 e. The molecule has 0 unspecified atom stereocenters. The lowest BCUT2D eigenvalue weighted by atomic mass is 10.1. The Bertz CT molecular complexity index is 502. The summed E-state index contributed by atoms with van der Waals surface area (Å²) in [5, 5.41) is 2.91. The summed E-state index contributed by atoms with van der Waals surface area (Å²) in [5.74, 6) is 0.316. The van der Waals surface area contributed by atoms with Gasteiger partial charge in [-0.2, -0.15) is 0 Å². The molecule has 1 saturated heterocycles. The largest absolute Gasteiger partial charge is 0.378 e. The number of carbonyl (C=O) groups excluding carboxylic acids is 1. The number of ether oxygens (including phenoxy) is 1. The molecule has 0 aromatic heterocycles. The Morgan fingerprint density at radius 2 is 2.19 bits per heavy atom. The predicted molar refractivity (Wildman–Crippen MR) is 91.9 cm³/mol. The van der Waals surface area contributed by atoms with Crippen molar-refractivity contribution >= 4 is 39.9 Å². The van der Waals surface area contributed by atoms with Crippen molar-refractivity contribution < 1.29 is 9.53 Å². The highest BCUT2D eigenvalue weighted by Gasteiger charge is 2.15. The first-order valence-electron chi connectivity index (χ1n) is 7.07. The molecule has 1 heterocycles. The minimum Gasteiger partial charge on any atom is -0.378 e. The van der Waals surface area contributed by atoms with Crippen molar-refractivity contribution in [1.82, 2.24) is 4.90 Å². The van der Waals surface area contributed by atoms with Crippen LogP contribution in [-0.4, -0.2) is 47.2 Å². The quantitative estimate of drug-likeness (QED) is 0.862. The lowest BCUT2D eigenvalue weighted by molar-refractivity contribution is -0.113. The number of carbonyl (C=O) groups is 1. The van der Waals surface area contributed by atoms with Crippen LogP contribution in [-0.2, 0) is 16.0 Å². The second-order valence-electron chi connectivity index (χ2n) is 4.76. The van der Waals surface area contributed by atoms with E-state index >= 15 is 0 Å². The fourth-order valence-corrected chi connectivity index (χ4v) is 3.08. The van der Waals surface area contributed by atoms with E-state index in [1.807, 2.05) is 18.2 Å². The Labute approximate surface area is 135 Å². The van der Waals surface area contributed by atoms with Gasteiger partial charge in [0.2, 0.25) is 5.91 Å². The van der Waals surface area contributed by atoms with Gasteiger partial charge in [-0.1, -0.05) is 43.0 Å². The number of benzene rings is 1. The maximum Gasteiger partial charge on any atom is 0.234 e. The fraction of sp³-hybridized carbons (Fsp3) is 0.467. The number of nitrogens with zero attached hydrogens (tertiary/aromatic N) is 1. The zero-order valence-electron chi connectivity index (χ0n) is 12.1. The van der Waals surface area contributed by atoms with Crippen LogP contribution >= 0.6 is 24.0 Å².